The number of aliphatic hydroxyl groups is 3. The second kappa shape index (κ2) is 4.48. The molecular weight excluding hydrogens is 295 g/mol. The molecule has 0 aliphatic heterocycles. The zero-order valence-corrected chi connectivity index (χ0v) is 13.7. The first-order valence-electron chi connectivity index (χ1n) is 8.58. The Morgan fingerprint density at radius 3 is 2.65 bits per heavy atom. The van der Waals surface area contributed by atoms with Crippen LogP contribution in [0, 0.1) is 22.7 Å². The summed E-state index contributed by atoms with van der Waals surface area (Å²) in [6.07, 6.45) is 7.59. The van der Waals surface area contributed by atoms with Gasteiger partial charge in [0.2, 0.25) is 0 Å². The Balaban J connectivity index is 1.80. The highest BCUT2D eigenvalue weighted by Gasteiger charge is 2.67. The van der Waals surface area contributed by atoms with Gasteiger partial charge in [-0.25, -0.2) is 4.39 Å². The maximum atomic E-state index is 16.4. The molecular formula is C19H25FO3. The van der Waals surface area contributed by atoms with Crippen LogP contribution in [0.4, 0.5) is 4.39 Å². The minimum Gasteiger partial charge on any atom is -0.508 e. The smallest absolute Gasteiger partial charge is 0.127 e. The van der Waals surface area contributed by atoms with Crippen LogP contribution in [0.25, 0.3) is 0 Å². The third-order valence-corrected chi connectivity index (χ3v) is 7.43. The van der Waals surface area contributed by atoms with E-state index in [0.717, 1.165) is 5.57 Å². The summed E-state index contributed by atoms with van der Waals surface area (Å²) in [4.78, 5) is 0. The first-order chi connectivity index (χ1) is 10.7. The van der Waals surface area contributed by atoms with E-state index in [0.29, 0.717) is 25.7 Å². The Morgan fingerprint density at radius 2 is 1.91 bits per heavy atom. The van der Waals surface area contributed by atoms with Gasteiger partial charge >= 0.3 is 0 Å². The zero-order chi connectivity index (χ0) is 16.6. The van der Waals surface area contributed by atoms with E-state index in [2.05, 4.69) is 0 Å². The van der Waals surface area contributed by atoms with Crippen molar-refractivity contribution in [1.29, 1.82) is 0 Å². The molecule has 3 N–H and O–H groups in total. The second-order valence-electron chi connectivity index (χ2n) is 8.33. The molecule has 0 spiro atoms. The van der Waals surface area contributed by atoms with Crippen LogP contribution in [-0.2, 0) is 0 Å². The topological polar surface area (TPSA) is 60.7 Å². The highest BCUT2D eigenvalue weighted by molar-refractivity contribution is 5.46. The number of fused-ring (bicyclic) bond motifs is 5. The lowest BCUT2D eigenvalue weighted by atomic mass is 9.48. The maximum Gasteiger partial charge on any atom is 0.127 e. The van der Waals surface area contributed by atoms with Crippen LogP contribution in [0.1, 0.15) is 39.5 Å². The Morgan fingerprint density at radius 1 is 1.17 bits per heavy atom. The predicted octanol–water partition coefficient (Wildman–Crippen LogP) is 3.20. The molecule has 4 aliphatic rings. The van der Waals surface area contributed by atoms with Crippen molar-refractivity contribution in [2.24, 2.45) is 22.7 Å². The number of aliphatic hydroxyl groups excluding tert-OH is 3. The number of allylic oxidation sites excluding steroid dienone is 5. The molecule has 0 aromatic rings. The third-order valence-electron chi connectivity index (χ3n) is 7.43. The van der Waals surface area contributed by atoms with E-state index in [9.17, 15) is 15.3 Å². The lowest BCUT2D eigenvalue weighted by Gasteiger charge is -2.58. The molecule has 0 radical (unpaired) electrons. The van der Waals surface area contributed by atoms with Crippen molar-refractivity contribution in [3.63, 3.8) is 0 Å². The Bertz CT molecular complexity index is 639. The molecule has 2 fully saturated rings. The number of hydrogen-bond donors (Lipinski definition) is 3. The summed E-state index contributed by atoms with van der Waals surface area (Å²) in [5.41, 5.74) is -1.71. The van der Waals surface area contributed by atoms with E-state index < -0.39 is 28.7 Å². The van der Waals surface area contributed by atoms with E-state index >= 15 is 4.39 Å². The monoisotopic (exact) mass is 320 g/mol. The first kappa shape index (κ1) is 15.4. The molecule has 0 amide bonds. The Kier molecular flexibility index (Phi) is 3.00. The van der Waals surface area contributed by atoms with Crippen molar-refractivity contribution < 1.29 is 19.7 Å². The van der Waals surface area contributed by atoms with E-state index in [1.807, 2.05) is 19.9 Å². The van der Waals surface area contributed by atoms with Gasteiger partial charge in [-0.15, -0.1) is 0 Å². The molecule has 3 nitrogen and oxygen atoms in total. The van der Waals surface area contributed by atoms with Crippen molar-refractivity contribution in [3.8, 4) is 0 Å². The van der Waals surface area contributed by atoms with Crippen molar-refractivity contribution in [2.45, 2.75) is 57.4 Å². The molecule has 23 heavy (non-hydrogen) atoms. The first-order valence-corrected chi connectivity index (χ1v) is 8.58. The van der Waals surface area contributed by atoms with Crippen LogP contribution in [-0.4, -0.2) is 33.2 Å². The molecule has 0 saturated heterocycles. The van der Waals surface area contributed by atoms with Crippen LogP contribution >= 0.6 is 0 Å². The summed E-state index contributed by atoms with van der Waals surface area (Å²) < 4.78 is 16.4. The van der Waals surface area contributed by atoms with Gasteiger partial charge in [-0.1, -0.05) is 19.1 Å². The summed E-state index contributed by atoms with van der Waals surface area (Å²) in [5.74, 6) is -0.0583. The summed E-state index contributed by atoms with van der Waals surface area (Å²) in [6, 6.07) is 0. The minimum atomic E-state index is -1.40. The molecule has 4 aliphatic carbocycles. The second-order valence-corrected chi connectivity index (χ2v) is 8.33. The molecule has 2 unspecified atom stereocenters. The average molecular weight is 320 g/mol. The largest absolute Gasteiger partial charge is 0.508 e. The van der Waals surface area contributed by atoms with Crippen molar-refractivity contribution in [1.82, 2.24) is 0 Å². The molecule has 4 rings (SSSR count). The summed E-state index contributed by atoms with van der Waals surface area (Å²) >= 11 is 0. The van der Waals surface area contributed by atoms with E-state index in [1.54, 1.807) is 18.2 Å². The quantitative estimate of drug-likeness (QED) is 0.642. The van der Waals surface area contributed by atoms with Gasteiger partial charge in [-0.05, 0) is 61.7 Å². The third kappa shape index (κ3) is 1.71. The molecule has 7 atom stereocenters. The molecule has 2 saturated carbocycles. The number of rotatable bonds is 0. The lowest BCUT2D eigenvalue weighted by molar-refractivity contribution is -0.128. The molecule has 4 heteroatoms. The van der Waals surface area contributed by atoms with Gasteiger partial charge in [-0.2, -0.15) is 0 Å². The number of halogens is 1. The standard InChI is InChI=1S/C19H25FO3/c1-17-7-8-19(20)13(14(17)10-15(22)16(17)23)4-3-11-9-12(21)5-6-18(11,19)2/h3,5-6,9,13-16,21-23H,4,7-8,10H2,1-2H3/t13-,14-,15?,16?,17-,18-,19-/m0/s1. The van der Waals surface area contributed by atoms with Gasteiger partial charge in [0.25, 0.3) is 0 Å². The van der Waals surface area contributed by atoms with Gasteiger partial charge in [0.15, 0.2) is 0 Å². The fourth-order valence-corrected chi connectivity index (χ4v) is 5.83. The van der Waals surface area contributed by atoms with Crippen LogP contribution < -0.4 is 0 Å². The fraction of sp³-hybridized carbons (Fsp3) is 0.684. The maximum absolute atomic E-state index is 16.4. The van der Waals surface area contributed by atoms with Crippen molar-refractivity contribution in [3.05, 3.63) is 35.6 Å². The Hall–Kier alpha value is -1.13. The Labute approximate surface area is 136 Å². The molecule has 0 aromatic heterocycles. The van der Waals surface area contributed by atoms with Crippen LogP contribution in [0.3, 0.4) is 0 Å². The molecule has 0 heterocycles. The van der Waals surface area contributed by atoms with Crippen LogP contribution in [0.15, 0.2) is 35.6 Å². The van der Waals surface area contributed by atoms with Gasteiger partial charge in [0.1, 0.15) is 11.4 Å². The molecule has 0 aromatic carbocycles. The fourth-order valence-electron chi connectivity index (χ4n) is 5.83. The number of alkyl halides is 1. The highest BCUT2D eigenvalue weighted by atomic mass is 19.1. The normalized spacial score (nSPS) is 54.7. The summed E-state index contributed by atoms with van der Waals surface area (Å²) in [5, 5.41) is 30.3. The van der Waals surface area contributed by atoms with Crippen LogP contribution in [0.2, 0.25) is 0 Å². The van der Waals surface area contributed by atoms with Crippen molar-refractivity contribution in [2.75, 3.05) is 0 Å². The lowest BCUT2D eigenvalue weighted by Crippen LogP contribution is -2.59. The van der Waals surface area contributed by atoms with E-state index in [1.165, 1.54) is 0 Å². The molecule has 0 bridgehead atoms. The summed E-state index contributed by atoms with van der Waals surface area (Å²) in [6.45, 7) is 3.91. The van der Waals surface area contributed by atoms with Gasteiger partial charge in [0, 0.05) is 11.3 Å². The highest BCUT2D eigenvalue weighted by Crippen LogP contribution is 2.66. The molecule has 126 valence electrons. The van der Waals surface area contributed by atoms with E-state index in [4.69, 9.17) is 0 Å². The predicted molar refractivity (Wildman–Crippen MR) is 85.4 cm³/mol. The average Bonchev–Trinajstić information content (AvgIpc) is 2.73. The van der Waals surface area contributed by atoms with E-state index in [-0.39, 0.29) is 17.6 Å². The zero-order valence-electron chi connectivity index (χ0n) is 13.7. The van der Waals surface area contributed by atoms with Gasteiger partial charge in [-0.3, -0.25) is 0 Å². The number of hydrogen-bond acceptors (Lipinski definition) is 3. The van der Waals surface area contributed by atoms with Crippen LogP contribution in [0.5, 0.6) is 0 Å². The SMILES string of the molecule is C[C@]12C=CC(O)=CC1=CC[C@H]1[C@@H]3CC(O)C(O)[C@@]3(C)CC[C@]12F. The van der Waals surface area contributed by atoms with Gasteiger partial charge < -0.3 is 15.3 Å². The summed E-state index contributed by atoms with van der Waals surface area (Å²) in [7, 11) is 0. The van der Waals surface area contributed by atoms with Crippen molar-refractivity contribution >= 4 is 0 Å². The minimum absolute atomic E-state index is 0.0196. The van der Waals surface area contributed by atoms with Gasteiger partial charge in [0.05, 0.1) is 12.2 Å².